The molecule has 1 aromatic heterocycles. The first-order valence-electron chi connectivity index (χ1n) is 5.67. The summed E-state index contributed by atoms with van der Waals surface area (Å²) in [4.78, 5) is 20.3. The predicted molar refractivity (Wildman–Crippen MR) is 78.8 cm³/mol. The molecule has 0 spiro atoms. The molecule has 0 saturated heterocycles. The highest BCUT2D eigenvalue weighted by Crippen LogP contribution is 2.36. The van der Waals surface area contributed by atoms with Crippen molar-refractivity contribution in [1.29, 1.82) is 5.26 Å². The van der Waals surface area contributed by atoms with Crippen LogP contribution in [0.3, 0.4) is 0 Å². The molecule has 0 aliphatic heterocycles. The molecule has 2 aromatic rings. The van der Waals surface area contributed by atoms with Crippen molar-refractivity contribution < 1.29 is 9.85 Å². The number of halogens is 1. The lowest BCUT2D eigenvalue weighted by Gasteiger charge is -2.05. The number of tetrazole rings is 1. The third kappa shape index (κ3) is 3.44. The van der Waals surface area contributed by atoms with Crippen LogP contribution in [0.1, 0.15) is 5.82 Å². The molecule has 0 amide bonds. The maximum atomic E-state index is 11.1. The van der Waals surface area contributed by atoms with E-state index in [1.165, 1.54) is 0 Å². The Bertz CT molecular complexity index is 841. The summed E-state index contributed by atoms with van der Waals surface area (Å²) in [7, 11) is 0. The number of aromatic amines is 1. The quantitative estimate of drug-likeness (QED) is 0.444. The molecule has 0 unspecified atom stereocenters. The molecule has 2 rings (SSSR count). The minimum Gasteiger partial charge on any atom is -0.354 e. The Kier molecular flexibility index (Phi) is 4.57. The van der Waals surface area contributed by atoms with Crippen molar-refractivity contribution in [1.82, 2.24) is 20.6 Å². The van der Waals surface area contributed by atoms with Crippen molar-refractivity contribution in [3.05, 3.63) is 48.9 Å². The maximum Gasteiger partial charge on any atom is 0.300 e. The number of aromatic nitrogens is 4. The lowest BCUT2D eigenvalue weighted by Crippen LogP contribution is -2.00. The van der Waals surface area contributed by atoms with E-state index in [1.54, 1.807) is 6.07 Å². The fourth-order valence-corrected chi connectivity index (χ4v) is 2.09. The van der Waals surface area contributed by atoms with Gasteiger partial charge in [0.1, 0.15) is 17.3 Å². The molecule has 2 N–H and O–H groups in total. The van der Waals surface area contributed by atoms with Gasteiger partial charge in [-0.3, -0.25) is 20.2 Å². The average Bonchev–Trinajstić information content (AvgIpc) is 3.02. The van der Waals surface area contributed by atoms with E-state index >= 15 is 0 Å². The Labute approximate surface area is 135 Å². The largest absolute Gasteiger partial charge is 0.354 e. The standard InChI is InChI=1S/C10H5BrN8O4/c11-7-1-6(18(20)21)2-8(19(22)23)9(7)13-4-5(3-12)10-14-16-17-15-10/h1-2,4,13H,(H,14,15,16,17). The number of nitro groups is 2. The number of nitrogens with zero attached hydrogens (tertiary/aromatic N) is 6. The van der Waals surface area contributed by atoms with E-state index < -0.39 is 21.2 Å². The van der Waals surface area contributed by atoms with Crippen molar-refractivity contribution in [2.75, 3.05) is 5.32 Å². The Morgan fingerprint density at radius 1 is 1.39 bits per heavy atom. The summed E-state index contributed by atoms with van der Waals surface area (Å²) < 4.78 is 0.0834. The number of H-pyrrole nitrogens is 1. The van der Waals surface area contributed by atoms with Crippen molar-refractivity contribution in [2.24, 2.45) is 0 Å². The van der Waals surface area contributed by atoms with Crippen LogP contribution in [0.2, 0.25) is 0 Å². The van der Waals surface area contributed by atoms with E-state index in [0.29, 0.717) is 0 Å². The minimum atomic E-state index is -0.783. The number of rotatable bonds is 5. The van der Waals surface area contributed by atoms with Gasteiger partial charge in [0.15, 0.2) is 0 Å². The molecule has 13 heteroatoms. The molecule has 0 saturated carbocycles. The van der Waals surface area contributed by atoms with Gasteiger partial charge in [0.25, 0.3) is 5.69 Å². The van der Waals surface area contributed by atoms with E-state index in [2.05, 4.69) is 41.9 Å². The van der Waals surface area contributed by atoms with Gasteiger partial charge in [-0.15, -0.1) is 10.2 Å². The molecule has 23 heavy (non-hydrogen) atoms. The number of anilines is 1. The Morgan fingerprint density at radius 2 is 2.13 bits per heavy atom. The molecule has 0 aliphatic carbocycles. The summed E-state index contributed by atoms with van der Waals surface area (Å²) in [6.07, 6.45) is 1.13. The molecule has 0 aliphatic rings. The van der Waals surface area contributed by atoms with E-state index in [4.69, 9.17) is 5.26 Å². The lowest BCUT2D eigenvalue weighted by molar-refractivity contribution is -0.393. The number of benzene rings is 1. The van der Waals surface area contributed by atoms with Crippen LogP contribution < -0.4 is 5.32 Å². The fraction of sp³-hybridized carbons (Fsp3) is 0. The molecule has 0 atom stereocenters. The minimum absolute atomic E-state index is 0.0133. The summed E-state index contributed by atoms with van der Waals surface area (Å²) in [5.74, 6) is -0.0133. The van der Waals surface area contributed by atoms with Crippen LogP contribution >= 0.6 is 15.9 Å². The Balaban J connectivity index is 2.45. The number of allylic oxidation sites excluding steroid dienone is 1. The van der Waals surface area contributed by atoms with Crippen molar-refractivity contribution in [3.8, 4) is 6.07 Å². The molecule has 12 nitrogen and oxygen atoms in total. The van der Waals surface area contributed by atoms with Gasteiger partial charge in [-0.25, -0.2) is 0 Å². The third-order valence-corrected chi connectivity index (χ3v) is 3.15. The van der Waals surface area contributed by atoms with E-state index in [9.17, 15) is 20.2 Å². The maximum absolute atomic E-state index is 11.1. The Hall–Kier alpha value is -3.40. The summed E-state index contributed by atoms with van der Waals surface area (Å²) in [6, 6.07) is 3.70. The van der Waals surface area contributed by atoms with E-state index in [0.717, 1.165) is 18.3 Å². The van der Waals surface area contributed by atoms with Gasteiger partial charge in [0, 0.05) is 12.3 Å². The second kappa shape index (κ2) is 6.58. The van der Waals surface area contributed by atoms with Gasteiger partial charge in [-0.2, -0.15) is 10.5 Å². The average molecular weight is 381 g/mol. The summed E-state index contributed by atoms with van der Waals surface area (Å²) >= 11 is 3.02. The second-order valence-corrected chi connectivity index (χ2v) is 4.74. The molecule has 0 fully saturated rings. The highest BCUT2D eigenvalue weighted by molar-refractivity contribution is 9.10. The van der Waals surface area contributed by atoms with E-state index in [1.807, 2.05) is 0 Å². The van der Waals surface area contributed by atoms with Crippen LogP contribution in [-0.2, 0) is 0 Å². The molecule has 0 bridgehead atoms. The van der Waals surface area contributed by atoms with Crippen molar-refractivity contribution in [2.45, 2.75) is 0 Å². The zero-order chi connectivity index (χ0) is 17.0. The van der Waals surface area contributed by atoms with Gasteiger partial charge in [-0.1, -0.05) is 0 Å². The first-order chi connectivity index (χ1) is 10.9. The third-order valence-electron chi connectivity index (χ3n) is 2.53. The molecular weight excluding hydrogens is 376 g/mol. The molecule has 1 heterocycles. The highest BCUT2D eigenvalue weighted by atomic mass is 79.9. The highest BCUT2D eigenvalue weighted by Gasteiger charge is 2.23. The topological polar surface area (TPSA) is 177 Å². The SMILES string of the molecule is N#CC(=CNc1c(Br)cc([N+](=O)[O-])cc1[N+](=O)[O-])c1nn[nH]n1. The number of hydrogen-bond donors (Lipinski definition) is 2. The van der Waals surface area contributed by atoms with Crippen LogP contribution in [0.5, 0.6) is 0 Å². The fourth-order valence-electron chi connectivity index (χ4n) is 1.54. The summed E-state index contributed by atoms with van der Waals surface area (Å²) in [5, 5.41) is 46.1. The summed E-state index contributed by atoms with van der Waals surface area (Å²) in [6.45, 7) is 0. The number of non-ortho nitro benzene ring substituents is 1. The van der Waals surface area contributed by atoms with Crippen molar-refractivity contribution in [3.63, 3.8) is 0 Å². The molecular formula is C10H5BrN8O4. The van der Waals surface area contributed by atoms with Gasteiger partial charge >= 0.3 is 5.69 Å². The van der Waals surface area contributed by atoms with Gasteiger partial charge in [0.05, 0.1) is 20.4 Å². The van der Waals surface area contributed by atoms with Gasteiger partial charge in [-0.05, 0) is 21.1 Å². The summed E-state index contributed by atoms with van der Waals surface area (Å²) in [5.41, 5.74) is -1.08. The number of nitro benzene ring substituents is 2. The smallest absolute Gasteiger partial charge is 0.300 e. The van der Waals surface area contributed by atoms with Gasteiger partial charge in [0.2, 0.25) is 5.82 Å². The van der Waals surface area contributed by atoms with Crippen LogP contribution in [0.25, 0.3) is 5.57 Å². The number of hydrogen-bond acceptors (Lipinski definition) is 9. The zero-order valence-electron chi connectivity index (χ0n) is 10.9. The second-order valence-electron chi connectivity index (χ2n) is 3.89. The van der Waals surface area contributed by atoms with Gasteiger partial charge < -0.3 is 5.32 Å². The van der Waals surface area contributed by atoms with E-state index in [-0.39, 0.29) is 21.6 Å². The van der Waals surface area contributed by atoms with Crippen LogP contribution in [0.15, 0.2) is 22.8 Å². The van der Waals surface area contributed by atoms with Crippen molar-refractivity contribution >= 4 is 38.6 Å². The van der Waals surface area contributed by atoms with Crippen LogP contribution in [0.4, 0.5) is 17.1 Å². The molecule has 1 aromatic carbocycles. The predicted octanol–water partition coefficient (Wildman–Crippen LogP) is 1.76. The molecule has 0 radical (unpaired) electrons. The number of nitrogens with one attached hydrogen (secondary N) is 2. The first-order valence-corrected chi connectivity index (χ1v) is 6.46. The normalized spacial score (nSPS) is 10.9. The molecule has 116 valence electrons. The zero-order valence-corrected chi connectivity index (χ0v) is 12.5. The number of nitriles is 1. The lowest BCUT2D eigenvalue weighted by atomic mass is 10.2. The van der Waals surface area contributed by atoms with Crippen LogP contribution in [-0.4, -0.2) is 30.5 Å². The van der Waals surface area contributed by atoms with Crippen LogP contribution in [0, 0.1) is 31.6 Å². The monoisotopic (exact) mass is 380 g/mol. The Morgan fingerprint density at radius 3 is 2.65 bits per heavy atom. The first kappa shape index (κ1) is 16.0.